The molecule has 1 rings (SSSR count). The van der Waals surface area contributed by atoms with E-state index < -0.39 is 5.97 Å². The van der Waals surface area contributed by atoms with Gasteiger partial charge in [-0.1, -0.05) is 27.7 Å². The average Bonchev–Trinajstić information content (AvgIpc) is 2.20. The summed E-state index contributed by atoms with van der Waals surface area (Å²) >= 11 is 0. The number of pyridine rings is 1. The van der Waals surface area contributed by atoms with E-state index in [4.69, 9.17) is 10.8 Å². The first-order chi connectivity index (χ1) is 7.52. The molecule has 0 saturated carbocycles. The molecule has 1 aromatic heterocycles. The normalized spacial score (nSPS) is 8.31. The second kappa shape index (κ2) is 11.5. The quantitative estimate of drug-likeness (QED) is 0.813. The van der Waals surface area contributed by atoms with Crippen LogP contribution in [0.25, 0.3) is 0 Å². The van der Waals surface area contributed by atoms with Gasteiger partial charge in [0.05, 0.1) is 5.69 Å². The van der Waals surface area contributed by atoms with Gasteiger partial charge in [0.2, 0.25) is 0 Å². The van der Waals surface area contributed by atoms with Gasteiger partial charge in [0.15, 0.2) is 0 Å². The maximum Gasteiger partial charge on any atom is 0.303 e. The van der Waals surface area contributed by atoms with Crippen molar-refractivity contribution in [3.63, 3.8) is 0 Å². The molecule has 0 aliphatic carbocycles. The summed E-state index contributed by atoms with van der Waals surface area (Å²) in [5.41, 5.74) is 6.01. The summed E-state index contributed by atoms with van der Waals surface area (Å²) < 4.78 is 0. The van der Waals surface area contributed by atoms with Gasteiger partial charge >= 0.3 is 5.97 Å². The first-order valence-corrected chi connectivity index (χ1v) is 5.39. The van der Waals surface area contributed by atoms with Crippen LogP contribution in [0.5, 0.6) is 0 Å². The maximum atomic E-state index is 9.81. The second-order valence-corrected chi connectivity index (χ2v) is 3.28. The zero-order chi connectivity index (χ0) is 13.0. The highest BCUT2D eigenvalue weighted by Crippen LogP contribution is 1.96. The molecule has 0 aliphatic heterocycles. The molecule has 0 fully saturated rings. The number of hydrogen-bond acceptors (Lipinski definition) is 3. The Morgan fingerprint density at radius 3 is 2.19 bits per heavy atom. The summed E-state index contributed by atoms with van der Waals surface area (Å²) in [6.07, 6.45) is 3.58. The molecule has 0 radical (unpaired) electrons. The third-order valence-corrected chi connectivity index (χ3v) is 1.27. The molecular weight excluding hydrogens is 204 g/mol. The number of aliphatic carboxylic acids is 1. The van der Waals surface area contributed by atoms with E-state index in [9.17, 15) is 4.79 Å². The second-order valence-electron chi connectivity index (χ2n) is 3.28. The van der Waals surface area contributed by atoms with E-state index in [-0.39, 0.29) is 12.3 Å². The zero-order valence-corrected chi connectivity index (χ0v) is 10.5. The number of carbonyl (C=O) groups is 1. The summed E-state index contributed by atoms with van der Waals surface area (Å²) in [6, 6.07) is 3.60. The van der Waals surface area contributed by atoms with Gasteiger partial charge in [0, 0.05) is 18.8 Å². The predicted molar refractivity (Wildman–Crippen MR) is 67.1 cm³/mol. The zero-order valence-electron chi connectivity index (χ0n) is 10.5. The topological polar surface area (TPSA) is 76.2 Å². The lowest BCUT2D eigenvalue weighted by Gasteiger charge is -1.94. The molecule has 0 spiro atoms. The minimum atomic E-state index is -0.713. The molecule has 4 nitrogen and oxygen atoms in total. The van der Waals surface area contributed by atoms with Crippen molar-refractivity contribution >= 4 is 11.7 Å². The van der Waals surface area contributed by atoms with Crippen molar-refractivity contribution in [3.05, 3.63) is 24.5 Å². The SMILES string of the molecule is CC.CC(C)CC(=O)O.Nc1cccnc1. The van der Waals surface area contributed by atoms with Gasteiger partial charge in [0.1, 0.15) is 0 Å². The van der Waals surface area contributed by atoms with Crippen LogP contribution < -0.4 is 5.73 Å². The largest absolute Gasteiger partial charge is 0.481 e. The number of carboxylic acid groups (broad SMARTS) is 1. The van der Waals surface area contributed by atoms with Gasteiger partial charge in [-0.15, -0.1) is 0 Å². The number of nitrogens with zero attached hydrogens (tertiary/aromatic N) is 1. The molecule has 16 heavy (non-hydrogen) atoms. The molecular formula is C12H22N2O2. The maximum absolute atomic E-state index is 9.81. The molecule has 92 valence electrons. The molecule has 4 heteroatoms. The Labute approximate surface area is 97.5 Å². The standard InChI is InChI=1S/C5H6N2.C5H10O2.C2H6/c6-5-2-1-3-7-4-5;1-4(2)3-5(6)7;1-2/h1-4H,6H2;4H,3H2,1-2H3,(H,6,7);1-2H3. The number of nitrogen functional groups attached to an aromatic ring is 1. The molecule has 1 heterocycles. The van der Waals surface area contributed by atoms with E-state index >= 15 is 0 Å². The Bertz CT molecular complexity index is 261. The fraction of sp³-hybridized carbons (Fsp3) is 0.500. The first-order valence-electron chi connectivity index (χ1n) is 5.39. The lowest BCUT2D eigenvalue weighted by molar-refractivity contribution is -0.137. The van der Waals surface area contributed by atoms with Gasteiger partial charge < -0.3 is 10.8 Å². The highest BCUT2D eigenvalue weighted by atomic mass is 16.4. The summed E-state index contributed by atoms with van der Waals surface area (Å²) in [6.45, 7) is 7.77. The summed E-state index contributed by atoms with van der Waals surface area (Å²) in [7, 11) is 0. The molecule has 0 amide bonds. The van der Waals surface area contributed by atoms with Crippen LogP contribution in [0.4, 0.5) is 5.69 Å². The van der Waals surface area contributed by atoms with Gasteiger partial charge in [-0.25, -0.2) is 0 Å². The summed E-state index contributed by atoms with van der Waals surface area (Å²) in [5, 5.41) is 8.08. The Hall–Kier alpha value is -1.58. The van der Waals surface area contributed by atoms with E-state index in [0.29, 0.717) is 5.69 Å². The van der Waals surface area contributed by atoms with Crippen LogP contribution in [0.15, 0.2) is 24.5 Å². The fourth-order valence-electron chi connectivity index (χ4n) is 0.725. The van der Waals surface area contributed by atoms with E-state index in [2.05, 4.69) is 4.98 Å². The monoisotopic (exact) mass is 226 g/mol. The van der Waals surface area contributed by atoms with Crippen molar-refractivity contribution in [2.75, 3.05) is 5.73 Å². The minimum Gasteiger partial charge on any atom is -0.481 e. The summed E-state index contributed by atoms with van der Waals surface area (Å²) in [5.74, 6) is -0.438. The van der Waals surface area contributed by atoms with E-state index in [1.807, 2.05) is 27.7 Å². The van der Waals surface area contributed by atoms with Crippen molar-refractivity contribution in [1.82, 2.24) is 4.98 Å². The van der Waals surface area contributed by atoms with Crippen LogP contribution in [-0.4, -0.2) is 16.1 Å². The Morgan fingerprint density at radius 1 is 1.50 bits per heavy atom. The molecule has 1 aromatic rings. The molecule has 0 aromatic carbocycles. The van der Waals surface area contributed by atoms with Gasteiger partial charge in [0.25, 0.3) is 0 Å². The van der Waals surface area contributed by atoms with Crippen LogP contribution in [0.1, 0.15) is 34.1 Å². The smallest absolute Gasteiger partial charge is 0.303 e. The lowest BCUT2D eigenvalue weighted by Crippen LogP contribution is -1.99. The van der Waals surface area contributed by atoms with Crippen molar-refractivity contribution in [1.29, 1.82) is 0 Å². The molecule has 3 N–H and O–H groups in total. The van der Waals surface area contributed by atoms with Crippen LogP contribution >= 0.6 is 0 Å². The number of nitrogens with two attached hydrogens (primary N) is 1. The number of rotatable bonds is 2. The number of anilines is 1. The van der Waals surface area contributed by atoms with Crippen molar-refractivity contribution in [2.24, 2.45) is 5.92 Å². The summed E-state index contributed by atoms with van der Waals surface area (Å²) in [4.78, 5) is 13.6. The van der Waals surface area contributed by atoms with Crippen molar-refractivity contribution < 1.29 is 9.90 Å². The van der Waals surface area contributed by atoms with Gasteiger partial charge in [-0.2, -0.15) is 0 Å². The van der Waals surface area contributed by atoms with Crippen LogP contribution in [0, 0.1) is 5.92 Å². The molecule has 0 aliphatic rings. The lowest BCUT2D eigenvalue weighted by atomic mass is 10.1. The third-order valence-electron chi connectivity index (χ3n) is 1.27. The predicted octanol–water partition coefficient (Wildman–Crippen LogP) is 2.81. The molecule has 0 saturated heterocycles. The van der Waals surface area contributed by atoms with Crippen LogP contribution in [0.3, 0.4) is 0 Å². The van der Waals surface area contributed by atoms with Gasteiger partial charge in [-0.3, -0.25) is 9.78 Å². The average molecular weight is 226 g/mol. The first kappa shape index (κ1) is 16.8. The molecule has 0 bridgehead atoms. The van der Waals surface area contributed by atoms with Crippen LogP contribution in [-0.2, 0) is 4.79 Å². The highest BCUT2D eigenvalue weighted by Gasteiger charge is 1.98. The highest BCUT2D eigenvalue weighted by molar-refractivity contribution is 5.66. The van der Waals surface area contributed by atoms with Crippen LogP contribution in [0.2, 0.25) is 0 Å². The van der Waals surface area contributed by atoms with Crippen molar-refractivity contribution in [3.8, 4) is 0 Å². The number of hydrogen-bond donors (Lipinski definition) is 2. The Kier molecular flexibility index (Phi) is 12.1. The number of aromatic nitrogens is 1. The third kappa shape index (κ3) is 14.9. The molecule has 0 unspecified atom stereocenters. The fourth-order valence-corrected chi connectivity index (χ4v) is 0.725. The number of carboxylic acids is 1. The van der Waals surface area contributed by atoms with E-state index in [1.165, 1.54) is 0 Å². The van der Waals surface area contributed by atoms with Crippen molar-refractivity contribution in [2.45, 2.75) is 34.1 Å². The van der Waals surface area contributed by atoms with E-state index in [0.717, 1.165) is 0 Å². The van der Waals surface area contributed by atoms with Gasteiger partial charge in [-0.05, 0) is 18.1 Å². The Balaban J connectivity index is 0. The van der Waals surface area contributed by atoms with E-state index in [1.54, 1.807) is 24.5 Å². The Morgan fingerprint density at radius 2 is 2.06 bits per heavy atom. The molecule has 0 atom stereocenters. The minimum absolute atomic E-state index is 0.275.